The molecule has 2 aromatic rings. The molecule has 9 nitrogen and oxygen atoms in total. The fraction of sp³-hybridized carbons (Fsp3) is 0.500. The number of amides is 1. The van der Waals surface area contributed by atoms with Gasteiger partial charge >= 0.3 is 5.97 Å². The molecular formula is C24H32N4O5S. The number of thiazole rings is 1. The highest BCUT2D eigenvalue weighted by molar-refractivity contribution is 7.11. The van der Waals surface area contributed by atoms with Crippen LogP contribution in [0, 0.1) is 5.92 Å². The van der Waals surface area contributed by atoms with Gasteiger partial charge in [0.05, 0.1) is 18.6 Å². The predicted octanol–water partition coefficient (Wildman–Crippen LogP) is 1.62. The van der Waals surface area contributed by atoms with Crippen LogP contribution in [0.1, 0.15) is 28.7 Å². The first kappa shape index (κ1) is 26.0. The third-order valence-corrected chi connectivity index (χ3v) is 6.50. The van der Waals surface area contributed by atoms with Gasteiger partial charge in [0.15, 0.2) is 10.8 Å². The van der Waals surface area contributed by atoms with Gasteiger partial charge in [0.1, 0.15) is 6.04 Å². The van der Waals surface area contributed by atoms with Gasteiger partial charge in [0.25, 0.3) is 0 Å². The molecule has 1 fully saturated rings. The highest BCUT2D eigenvalue weighted by Gasteiger charge is 2.28. The number of nitrogens with zero attached hydrogens (tertiary/aromatic N) is 3. The summed E-state index contributed by atoms with van der Waals surface area (Å²) in [4.78, 5) is 46.2. The van der Waals surface area contributed by atoms with E-state index in [4.69, 9.17) is 15.2 Å². The highest BCUT2D eigenvalue weighted by Crippen LogP contribution is 2.24. The second kappa shape index (κ2) is 12.7. The highest BCUT2D eigenvalue weighted by atomic mass is 32.1. The van der Waals surface area contributed by atoms with Gasteiger partial charge in [-0.3, -0.25) is 14.5 Å². The van der Waals surface area contributed by atoms with E-state index < -0.39 is 17.9 Å². The Labute approximate surface area is 203 Å². The van der Waals surface area contributed by atoms with Gasteiger partial charge in [0.2, 0.25) is 11.8 Å². The molecule has 3 rings (SSSR count). The fourth-order valence-electron chi connectivity index (χ4n) is 3.55. The van der Waals surface area contributed by atoms with Crippen molar-refractivity contribution in [1.82, 2.24) is 14.8 Å². The molecule has 0 radical (unpaired) electrons. The fourth-order valence-corrected chi connectivity index (χ4v) is 4.29. The first-order chi connectivity index (χ1) is 16.3. The minimum Gasteiger partial charge on any atom is -0.405 e. The van der Waals surface area contributed by atoms with E-state index in [-0.39, 0.29) is 29.0 Å². The Hall–Kier alpha value is -2.66. The molecule has 1 aliphatic heterocycles. The third-order valence-electron chi connectivity index (χ3n) is 5.67. The summed E-state index contributed by atoms with van der Waals surface area (Å²) in [7, 11) is 1.77. The minimum absolute atomic E-state index is 0.0445. The van der Waals surface area contributed by atoms with Gasteiger partial charge in [-0.2, -0.15) is 4.98 Å². The van der Waals surface area contributed by atoms with E-state index in [1.54, 1.807) is 11.9 Å². The number of ether oxygens (including phenoxy) is 2. The molecule has 0 saturated carbocycles. The number of hydrogen-bond donors (Lipinski definition) is 1. The summed E-state index contributed by atoms with van der Waals surface area (Å²) < 4.78 is 10.5. The van der Waals surface area contributed by atoms with Crippen LogP contribution in [0.15, 0.2) is 35.7 Å². The molecule has 10 heteroatoms. The molecule has 0 unspecified atom stereocenters. The number of rotatable bonds is 11. The van der Waals surface area contributed by atoms with Crippen LogP contribution in [0.25, 0.3) is 0 Å². The van der Waals surface area contributed by atoms with Crippen molar-refractivity contribution in [1.29, 1.82) is 0 Å². The van der Waals surface area contributed by atoms with Crippen molar-refractivity contribution in [3.8, 4) is 5.88 Å². The number of hydrogen-bond acceptors (Lipinski definition) is 9. The van der Waals surface area contributed by atoms with Crippen LogP contribution in [-0.2, 0) is 20.7 Å². The van der Waals surface area contributed by atoms with Crippen molar-refractivity contribution in [2.24, 2.45) is 11.7 Å². The molecule has 184 valence electrons. The quantitative estimate of drug-likeness (QED) is 0.375. The maximum Gasteiger partial charge on any atom is 0.329 e. The lowest BCUT2D eigenvalue weighted by Gasteiger charge is -2.29. The Balaban J connectivity index is 1.66. The van der Waals surface area contributed by atoms with Gasteiger partial charge in [0, 0.05) is 45.6 Å². The number of ketones is 1. The zero-order valence-electron chi connectivity index (χ0n) is 19.6. The third kappa shape index (κ3) is 7.69. The second-order valence-electron chi connectivity index (χ2n) is 8.42. The summed E-state index contributed by atoms with van der Waals surface area (Å²) in [5.41, 5.74) is 6.49. The second-order valence-corrected chi connectivity index (χ2v) is 9.28. The van der Waals surface area contributed by atoms with Crippen molar-refractivity contribution in [3.05, 3.63) is 46.3 Å². The standard InChI is InChI=1S/C24H32N4O5S/c1-17(25)24(31)33-20-16-34-23(26-20)22(30)19(14-18-6-4-3-5-7-18)15-21(29)27(2)8-9-28-10-12-32-13-11-28/h3-7,16-17,19H,8-15,25H2,1-2H3/t17-,19+/m0/s1. The van der Waals surface area contributed by atoms with Gasteiger partial charge in [-0.1, -0.05) is 30.3 Å². The summed E-state index contributed by atoms with van der Waals surface area (Å²) in [6.45, 7) is 6.00. The molecule has 34 heavy (non-hydrogen) atoms. The zero-order valence-corrected chi connectivity index (χ0v) is 20.5. The van der Waals surface area contributed by atoms with E-state index in [1.807, 2.05) is 30.3 Å². The van der Waals surface area contributed by atoms with Crippen molar-refractivity contribution >= 4 is 29.0 Å². The Bertz CT molecular complexity index is 959. The maximum atomic E-state index is 13.3. The molecule has 0 aliphatic carbocycles. The van der Waals surface area contributed by atoms with E-state index in [9.17, 15) is 14.4 Å². The number of likely N-dealkylation sites (N-methyl/N-ethyl adjacent to an activating group) is 1. The van der Waals surface area contributed by atoms with Gasteiger partial charge in [-0.05, 0) is 18.9 Å². The molecule has 2 heterocycles. The van der Waals surface area contributed by atoms with Crippen molar-refractivity contribution in [2.75, 3.05) is 46.4 Å². The lowest BCUT2D eigenvalue weighted by Crippen LogP contribution is -2.42. The zero-order chi connectivity index (χ0) is 24.5. The minimum atomic E-state index is -0.794. The van der Waals surface area contributed by atoms with Crippen LogP contribution in [0.3, 0.4) is 0 Å². The Morgan fingerprint density at radius 3 is 2.62 bits per heavy atom. The van der Waals surface area contributed by atoms with Gasteiger partial charge < -0.3 is 20.1 Å². The summed E-state index contributed by atoms with van der Waals surface area (Å²) in [6, 6.07) is 8.79. The number of nitrogens with two attached hydrogens (primary N) is 1. The molecule has 0 bridgehead atoms. The number of morpholine rings is 1. The monoisotopic (exact) mass is 488 g/mol. The summed E-state index contributed by atoms with van der Waals surface area (Å²) >= 11 is 1.09. The van der Waals surface area contributed by atoms with Crippen molar-refractivity contribution in [3.63, 3.8) is 0 Å². The van der Waals surface area contributed by atoms with Crippen LogP contribution in [0.4, 0.5) is 0 Å². The van der Waals surface area contributed by atoms with Crippen LogP contribution in [-0.4, -0.2) is 84.9 Å². The molecule has 1 aliphatic rings. The van der Waals surface area contributed by atoms with Crippen LogP contribution < -0.4 is 10.5 Å². The summed E-state index contributed by atoms with van der Waals surface area (Å²) in [5.74, 6) is -1.50. The number of benzene rings is 1. The summed E-state index contributed by atoms with van der Waals surface area (Å²) in [5, 5.41) is 1.71. The molecule has 1 aromatic heterocycles. The van der Waals surface area contributed by atoms with E-state index in [1.165, 1.54) is 12.3 Å². The number of carbonyl (C=O) groups is 3. The Kier molecular flexibility index (Phi) is 9.70. The normalized spacial score (nSPS) is 16.0. The number of aromatic nitrogens is 1. The lowest BCUT2D eigenvalue weighted by molar-refractivity contribution is -0.135. The van der Waals surface area contributed by atoms with E-state index in [2.05, 4.69) is 9.88 Å². The van der Waals surface area contributed by atoms with E-state index in [0.29, 0.717) is 26.2 Å². The van der Waals surface area contributed by atoms with Crippen LogP contribution in [0.5, 0.6) is 5.88 Å². The summed E-state index contributed by atoms with van der Waals surface area (Å²) in [6.07, 6.45) is 0.485. The molecular weight excluding hydrogens is 456 g/mol. The molecule has 0 spiro atoms. The Morgan fingerprint density at radius 1 is 1.24 bits per heavy atom. The van der Waals surface area contributed by atoms with Crippen LogP contribution >= 0.6 is 11.3 Å². The Morgan fingerprint density at radius 2 is 1.94 bits per heavy atom. The number of esters is 1. The molecule has 2 N–H and O–H groups in total. The first-order valence-electron chi connectivity index (χ1n) is 11.4. The molecule has 1 saturated heterocycles. The number of Topliss-reactive ketones (excluding diaryl/α,β-unsaturated/α-hetero) is 1. The average molecular weight is 489 g/mol. The average Bonchev–Trinajstić information content (AvgIpc) is 3.31. The molecule has 2 atom stereocenters. The lowest BCUT2D eigenvalue weighted by atomic mass is 9.91. The topological polar surface area (TPSA) is 115 Å². The SMILES string of the molecule is C[C@H](N)C(=O)Oc1csc(C(=O)[C@@H](CC(=O)N(C)CCN2CCOCC2)Cc2ccccc2)n1. The van der Waals surface area contributed by atoms with Gasteiger partial charge in [-0.25, -0.2) is 4.79 Å². The van der Waals surface area contributed by atoms with E-state index >= 15 is 0 Å². The number of carbonyl (C=O) groups excluding carboxylic acids is 3. The van der Waals surface area contributed by atoms with Crippen molar-refractivity contribution in [2.45, 2.75) is 25.8 Å². The van der Waals surface area contributed by atoms with Gasteiger partial charge in [-0.15, -0.1) is 11.3 Å². The largest absolute Gasteiger partial charge is 0.405 e. The van der Waals surface area contributed by atoms with Crippen molar-refractivity contribution < 1.29 is 23.9 Å². The van der Waals surface area contributed by atoms with E-state index in [0.717, 1.165) is 36.5 Å². The first-order valence-corrected chi connectivity index (χ1v) is 12.3. The van der Waals surface area contributed by atoms with Crippen LogP contribution in [0.2, 0.25) is 0 Å². The maximum absolute atomic E-state index is 13.3. The molecule has 1 amide bonds. The predicted molar refractivity (Wildman–Crippen MR) is 129 cm³/mol. The molecule has 1 aromatic carbocycles. The smallest absolute Gasteiger partial charge is 0.329 e.